The summed E-state index contributed by atoms with van der Waals surface area (Å²) in [7, 11) is 1.64. The summed E-state index contributed by atoms with van der Waals surface area (Å²) in [5.41, 5.74) is 0. The van der Waals surface area contributed by atoms with Gasteiger partial charge in [-0.25, -0.2) is 0 Å². The van der Waals surface area contributed by atoms with Crippen LogP contribution in [0.4, 0.5) is 0 Å². The van der Waals surface area contributed by atoms with E-state index in [9.17, 15) is 14.4 Å². The van der Waals surface area contributed by atoms with Gasteiger partial charge in [0, 0.05) is 39.4 Å². The molecule has 0 radical (unpaired) electrons. The lowest BCUT2D eigenvalue weighted by molar-refractivity contribution is -0.122. The van der Waals surface area contributed by atoms with E-state index in [-0.39, 0.29) is 17.7 Å². The molecule has 0 unspecified atom stereocenters. The molecule has 22 heavy (non-hydrogen) atoms. The Hall–Kier alpha value is -1.59. The molecule has 6 heteroatoms. The van der Waals surface area contributed by atoms with Crippen molar-refractivity contribution < 1.29 is 14.4 Å². The first kappa shape index (κ1) is 20.4. The molecule has 0 heterocycles. The van der Waals surface area contributed by atoms with Gasteiger partial charge in [-0.3, -0.25) is 14.4 Å². The van der Waals surface area contributed by atoms with Crippen LogP contribution in [0.3, 0.4) is 0 Å². The van der Waals surface area contributed by atoms with E-state index < -0.39 is 0 Å². The molecule has 0 aliphatic heterocycles. The highest BCUT2D eigenvalue weighted by Crippen LogP contribution is 2.01. The van der Waals surface area contributed by atoms with E-state index in [2.05, 4.69) is 16.0 Å². The van der Waals surface area contributed by atoms with E-state index in [0.29, 0.717) is 32.4 Å². The summed E-state index contributed by atoms with van der Waals surface area (Å²) in [5, 5.41) is 8.30. The Balaban J connectivity index is 3.29. The van der Waals surface area contributed by atoms with Crippen molar-refractivity contribution in [2.75, 3.05) is 20.1 Å². The first-order valence-corrected chi connectivity index (χ1v) is 8.34. The highest BCUT2D eigenvalue weighted by molar-refractivity contribution is 5.76. The molecule has 6 nitrogen and oxygen atoms in total. The van der Waals surface area contributed by atoms with Gasteiger partial charge in [0.15, 0.2) is 0 Å². The second kappa shape index (κ2) is 14.4. The Morgan fingerprint density at radius 2 is 1.18 bits per heavy atom. The van der Waals surface area contributed by atoms with Gasteiger partial charge in [-0.2, -0.15) is 0 Å². The van der Waals surface area contributed by atoms with Crippen molar-refractivity contribution in [3.8, 4) is 0 Å². The summed E-state index contributed by atoms with van der Waals surface area (Å²) >= 11 is 0. The van der Waals surface area contributed by atoms with Crippen molar-refractivity contribution in [2.24, 2.45) is 0 Å². The van der Waals surface area contributed by atoms with Crippen molar-refractivity contribution >= 4 is 17.7 Å². The number of unbranched alkanes of at least 4 members (excludes halogenated alkanes) is 4. The molecular formula is C16H31N3O3. The van der Waals surface area contributed by atoms with Crippen molar-refractivity contribution in [3.05, 3.63) is 0 Å². The fourth-order valence-corrected chi connectivity index (χ4v) is 1.97. The highest BCUT2D eigenvalue weighted by atomic mass is 16.2. The summed E-state index contributed by atoms with van der Waals surface area (Å²) < 4.78 is 0. The lowest BCUT2D eigenvalue weighted by Crippen LogP contribution is -2.24. The maximum absolute atomic E-state index is 11.6. The Kier molecular flexibility index (Phi) is 13.3. The van der Waals surface area contributed by atoms with Crippen LogP contribution in [0, 0.1) is 0 Å². The Morgan fingerprint density at radius 3 is 1.68 bits per heavy atom. The number of hydrogen-bond donors (Lipinski definition) is 3. The first-order valence-electron chi connectivity index (χ1n) is 8.34. The van der Waals surface area contributed by atoms with Crippen LogP contribution in [0.25, 0.3) is 0 Å². The molecule has 0 aromatic carbocycles. The molecule has 0 spiro atoms. The average Bonchev–Trinajstić information content (AvgIpc) is 2.53. The zero-order valence-electron chi connectivity index (χ0n) is 14.0. The molecule has 0 aromatic rings. The van der Waals surface area contributed by atoms with Gasteiger partial charge in [-0.05, 0) is 25.7 Å². The molecule has 0 atom stereocenters. The van der Waals surface area contributed by atoms with Crippen LogP contribution < -0.4 is 16.0 Å². The molecule has 3 amide bonds. The van der Waals surface area contributed by atoms with Crippen LogP contribution in [0.1, 0.15) is 64.7 Å². The molecule has 0 fully saturated rings. The smallest absolute Gasteiger partial charge is 0.219 e. The van der Waals surface area contributed by atoms with Crippen LogP contribution in [0.15, 0.2) is 0 Å². The van der Waals surface area contributed by atoms with Crippen LogP contribution >= 0.6 is 0 Å². The van der Waals surface area contributed by atoms with E-state index in [1.54, 1.807) is 7.05 Å². The lowest BCUT2D eigenvalue weighted by Gasteiger charge is -2.06. The highest BCUT2D eigenvalue weighted by Gasteiger charge is 2.02. The van der Waals surface area contributed by atoms with Crippen LogP contribution in [-0.4, -0.2) is 37.9 Å². The molecule has 0 saturated heterocycles. The zero-order chi connectivity index (χ0) is 16.6. The maximum atomic E-state index is 11.6. The summed E-state index contributed by atoms with van der Waals surface area (Å²) in [6.07, 6.45) is 7.05. The topological polar surface area (TPSA) is 87.3 Å². The molecule has 3 N–H and O–H groups in total. The summed E-state index contributed by atoms with van der Waals surface area (Å²) in [6.45, 7) is 3.21. The standard InChI is InChI=1S/C16H31N3O3/c1-3-14(20)18-12-8-5-7-11-16(22)19-13-9-4-6-10-15(21)17-2/h3-13H2,1-2H3,(H,17,21)(H,18,20)(H,19,22). The molecule has 0 saturated carbocycles. The molecule has 0 bridgehead atoms. The number of amides is 3. The van der Waals surface area contributed by atoms with Crippen LogP contribution in [-0.2, 0) is 14.4 Å². The average molecular weight is 313 g/mol. The number of carbonyl (C=O) groups is 3. The van der Waals surface area contributed by atoms with Gasteiger partial charge in [0.1, 0.15) is 0 Å². The number of nitrogens with one attached hydrogen (secondary N) is 3. The van der Waals surface area contributed by atoms with E-state index in [1.807, 2.05) is 6.92 Å². The van der Waals surface area contributed by atoms with Crippen molar-refractivity contribution in [1.29, 1.82) is 0 Å². The van der Waals surface area contributed by atoms with Crippen LogP contribution in [0.5, 0.6) is 0 Å². The van der Waals surface area contributed by atoms with Gasteiger partial charge < -0.3 is 16.0 Å². The number of carbonyl (C=O) groups excluding carboxylic acids is 3. The van der Waals surface area contributed by atoms with Gasteiger partial charge in [0.25, 0.3) is 0 Å². The minimum Gasteiger partial charge on any atom is -0.359 e. The second-order valence-electron chi connectivity index (χ2n) is 5.35. The monoisotopic (exact) mass is 313 g/mol. The minimum atomic E-state index is 0.0687. The van der Waals surface area contributed by atoms with Crippen molar-refractivity contribution in [1.82, 2.24) is 16.0 Å². The minimum absolute atomic E-state index is 0.0687. The van der Waals surface area contributed by atoms with Gasteiger partial charge >= 0.3 is 0 Å². The number of rotatable bonds is 13. The molecule has 0 aliphatic carbocycles. The Bertz CT molecular complexity index is 303. The van der Waals surface area contributed by atoms with Crippen molar-refractivity contribution in [2.45, 2.75) is 64.7 Å². The van der Waals surface area contributed by atoms with Gasteiger partial charge in [-0.1, -0.05) is 19.8 Å². The predicted octanol–water partition coefficient (Wildman–Crippen LogP) is 1.50. The van der Waals surface area contributed by atoms with Gasteiger partial charge in [-0.15, -0.1) is 0 Å². The van der Waals surface area contributed by atoms with Gasteiger partial charge in [0.2, 0.25) is 17.7 Å². The van der Waals surface area contributed by atoms with Crippen molar-refractivity contribution in [3.63, 3.8) is 0 Å². The van der Waals surface area contributed by atoms with E-state index in [1.165, 1.54) is 0 Å². The first-order chi connectivity index (χ1) is 10.6. The normalized spacial score (nSPS) is 10.1. The molecule has 0 aliphatic rings. The fraction of sp³-hybridized carbons (Fsp3) is 0.812. The van der Waals surface area contributed by atoms with E-state index >= 15 is 0 Å². The predicted molar refractivity (Wildman–Crippen MR) is 87.3 cm³/mol. The largest absolute Gasteiger partial charge is 0.359 e. The third-order valence-corrected chi connectivity index (χ3v) is 3.41. The fourth-order valence-electron chi connectivity index (χ4n) is 1.97. The maximum Gasteiger partial charge on any atom is 0.219 e. The molecule has 128 valence electrons. The SMILES string of the molecule is CCC(=O)NCCCCCC(=O)NCCCCCC(=O)NC. The summed E-state index contributed by atoms with van der Waals surface area (Å²) in [5.74, 6) is 0.234. The summed E-state index contributed by atoms with van der Waals surface area (Å²) in [6, 6.07) is 0. The Morgan fingerprint density at radius 1 is 0.682 bits per heavy atom. The molecule has 0 rings (SSSR count). The third kappa shape index (κ3) is 13.4. The second-order valence-corrected chi connectivity index (χ2v) is 5.35. The lowest BCUT2D eigenvalue weighted by atomic mass is 10.1. The molecular weight excluding hydrogens is 282 g/mol. The van der Waals surface area contributed by atoms with E-state index in [0.717, 1.165) is 38.5 Å². The van der Waals surface area contributed by atoms with Gasteiger partial charge in [0.05, 0.1) is 0 Å². The number of hydrogen-bond acceptors (Lipinski definition) is 3. The molecule has 0 aromatic heterocycles. The third-order valence-electron chi connectivity index (χ3n) is 3.41. The summed E-state index contributed by atoms with van der Waals surface area (Å²) in [4.78, 5) is 33.6. The zero-order valence-corrected chi connectivity index (χ0v) is 14.0. The Labute approximate surface area is 133 Å². The van der Waals surface area contributed by atoms with E-state index in [4.69, 9.17) is 0 Å². The van der Waals surface area contributed by atoms with Crippen LogP contribution in [0.2, 0.25) is 0 Å². The quantitative estimate of drug-likeness (QED) is 0.450.